The Balaban J connectivity index is 2.12. The molecular weight excluding hydrogens is 264 g/mol. The predicted octanol–water partition coefficient (Wildman–Crippen LogP) is 1.18. The molecule has 106 valence electrons. The van der Waals surface area contributed by atoms with E-state index in [0.717, 1.165) is 24.3 Å². The van der Waals surface area contributed by atoms with E-state index in [9.17, 15) is 8.42 Å². The summed E-state index contributed by atoms with van der Waals surface area (Å²) in [6.07, 6.45) is 3.24. The third kappa shape index (κ3) is 3.45. The highest BCUT2D eigenvalue weighted by Gasteiger charge is 2.30. The molecule has 0 saturated carbocycles. The molecule has 0 aromatic carbocycles. The van der Waals surface area contributed by atoms with Crippen LogP contribution in [0, 0.1) is 5.92 Å². The second-order valence-electron chi connectivity index (χ2n) is 4.94. The molecule has 1 aromatic rings. The molecule has 0 radical (unpaired) electrons. The Morgan fingerprint density at radius 2 is 2.37 bits per heavy atom. The Hall–Kier alpha value is -1.14. The number of ether oxygens (including phenoxy) is 1. The second-order valence-corrected chi connectivity index (χ2v) is 7.17. The first-order chi connectivity index (χ1) is 9.05. The maximum Gasteiger partial charge on any atom is 0.150 e. The molecule has 0 spiro atoms. The zero-order valence-corrected chi connectivity index (χ0v) is 12.1. The summed E-state index contributed by atoms with van der Waals surface area (Å²) in [5, 5.41) is 3.21. The molecule has 0 amide bonds. The van der Waals surface area contributed by atoms with E-state index in [0.29, 0.717) is 11.5 Å². The summed E-state index contributed by atoms with van der Waals surface area (Å²) in [7, 11) is 0.655. The Morgan fingerprint density at radius 3 is 2.95 bits per heavy atom. The van der Waals surface area contributed by atoms with Crippen LogP contribution in [-0.2, 0) is 9.84 Å². The normalized spacial score (nSPS) is 23.2. The average Bonchev–Trinajstić information content (AvgIpc) is 2.75. The number of pyridine rings is 1. The molecule has 1 N–H and O–H groups in total. The van der Waals surface area contributed by atoms with E-state index in [1.807, 2.05) is 19.2 Å². The minimum absolute atomic E-state index is 0.0226. The summed E-state index contributed by atoms with van der Waals surface area (Å²) in [4.78, 5) is 4.36. The van der Waals surface area contributed by atoms with Crippen LogP contribution >= 0.6 is 0 Å². The van der Waals surface area contributed by atoms with Crippen molar-refractivity contribution in [3.63, 3.8) is 0 Å². The van der Waals surface area contributed by atoms with E-state index in [4.69, 9.17) is 4.74 Å². The van der Waals surface area contributed by atoms with Crippen LogP contribution in [0.4, 0.5) is 0 Å². The lowest BCUT2D eigenvalue weighted by molar-refractivity contribution is 0.378. The van der Waals surface area contributed by atoms with Gasteiger partial charge in [0.2, 0.25) is 0 Å². The van der Waals surface area contributed by atoms with Crippen LogP contribution in [0.3, 0.4) is 0 Å². The molecule has 5 nitrogen and oxygen atoms in total. The molecule has 2 unspecified atom stereocenters. The molecule has 6 heteroatoms. The summed E-state index contributed by atoms with van der Waals surface area (Å²) in [6, 6.07) is 3.72. The monoisotopic (exact) mass is 284 g/mol. The van der Waals surface area contributed by atoms with Crippen LogP contribution in [0.15, 0.2) is 18.3 Å². The standard InChI is InChI=1S/C13H20N2O3S/c1-14-11(8-10-5-7-19(16,17)9-10)13-12(18-2)4-3-6-15-13/h3-4,6,10-11,14H,5,7-9H2,1-2H3. The first-order valence-electron chi connectivity index (χ1n) is 6.42. The highest BCUT2D eigenvalue weighted by molar-refractivity contribution is 7.91. The highest BCUT2D eigenvalue weighted by atomic mass is 32.2. The molecular formula is C13H20N2O3S. The SMILES string of the molecule is CNC(CC1CCS(=O)(=O)C1)c1ncccc1OC. The van der Waals surface area contributed by atoms with Crippen molar-refractivity contribution >= 4 is 9.84 Å². The number of nitrogens with one attached hydrogen (secondary N) is 1. The third-order valence-corrected chi connectivity index (χ3v) is 5.43. The smallest absolute Gasteiger partial charge is 0.150 e. The first-order valence-corrected chi connectivity index (χ1v) is 8.24. The fraction of sp³-hybridized carbons (Fsp3) is 0.615. The van der Waals surface area contributed by atoms with Gasteiger partial charge in [-0.05, 0) is 37.9 Å². The molecule has 1 saturated heterocycles. The minimum Gasteiger partial charge on any atom is -0.495 e. The molecule has 0 aliphatic carbocycles. The van der Waals surface area contributed by atoms with Gasteiger partial charge in [0.05, 0.1) is 30.4 Å². The number of rotatable bonds is 5. The van der Waals surface area contributed by atoms with Crippen molar-refractivity contribution < 1.29 is 13.2 Å². The van der Waals surface area contributed by atoms with Gasteiger partial charge in [-0.1, -0.05) is 0 Å². The van der Waals surface area contributed by atoms with Crippen LogP contribution in [0.25, 0.3) is 0 Å². The summed E-state index contributed by atoms with van der Waals surface area (Å²) in [5.74, 6) is 1.55. The molecule has 2 atom stereocenters. The molecule has 2 rings (SSSR count). The van der Waals surface area contributed by atoms with Crippen molar-refractivity contribution in [1.29, 1.82) is 0 Å². The lowest BCUT2D eigenvalue weighted by Gasteiger charge is -2.20. The lowest BCUT2D eigenvalue weighted by atomic mass is 9.96. The average molecular weight is 284 g/mol. The van der Waals surface area contributed by atoms with E-state index in [1.54, 1.807) is 13.3 Å². The van der Waals surface area contributed by atoms with E-state index in [2.05, 4.69) is 10.3 Å². The summed E-state index contributed by atoms with van der Waals surface area (Å²) >= 11 is 0. The topological polar surface area (TPSA) is 68.3 Å². The molecule has 1 aliphatic rings. The van der Waals surface area contributed by atoms with E-state index in [-0.39, 0.29) is 12.0 Å². The lowest BCUT2D eigenvalue weighted by Crippen LogP contribution is -2.22. The number of sulfone groups is 1. The molecule has 1 aliphatic heterocycles. The van der Waals surface area contributed by atoms with E-state index < -0.39 is 9.84 Å². The van der Waals surface area contributed by atoms with Gasteiger partial charge in [-0.3, -0.25) is 4.98 Å². The number of aromatic nitrogens is 1. The Bertz CT molecular complexity index is 530. The zero-order valence-electron chi connectivity index (χ0n) is 11.3. The number of methoxy groups -OCH3 is 1. The van der Waals surface area contributed by atoms with Crippen molar-refractivity contribution in [1.82, 2.24) is 10.3 Å². The number of hydrogen-bond donors (Lipinski definition) is 1. The van der Waals surface area contributed by atoms with Crippen molar-refractivity contribution in [2.24, 2.45) is 5.92 Å². The third-order valence-electron chi connectivity index (χ3n) is 3.59. The molecule has 2 heterocycles. The first kappa shape index (κ1) is 14.3. The van der Waals surface area contributed by atoms with Crippen molar-refractivity contribution in [3.05, 3.63) is 24.0 Å². The largest absolute Gasteiger partial charge is 0.495 e. The van der Waals surface area contributed by atoms with Crippen molar-refractivity contribution in [2.45, 2.75) is 18.9 Å². The number of hydrogen-bond acceptors (Lipinski definition) is 5. The Labute approximate surface area is 114 Å². The summed E-state index contributed by atoms with van der Waals surface area (Å²) < 4.78 is 28.3. The summed E-state index contributed by atoms with van der Waals surface area (Å²) in [5.41, 5.74) is 0.844. The van der Waals surface area contributed by atoms with Crippen LogP contribution in [0.5, 0.6) is 5.75 Å². The second kappa shape index (κ2) is 5.88. The predicted molar refractivity (Wildman–Crippen MR) is 74.0 cm³/mol. The maximum atomic E-state index is 11.5. The fourth-order valence-corrected chi connectivity index (χ4v) is 4.47. The van der Waals surface area contributed by atoms with Crippen LogP contribution < -0.4 is 10.1 Å². The van der Waals surface area contributed by atoms with E-state index in [1.165, 1.54) is 0 Å². The van der Waals surface area contributed by atoms with Gasteiger partial charge in [-0.2, -0.15) is 0 Å². The van der Waals surface area contributed by atoms with Gasteiger partial charge in [0.1, 0.15) is 5.75 Å². The molecule has 0 bridgehead atoms. The number of nitrogens with zero attached hydrogens (tertiary/aromatic N) is 1. The van der Waals surface area contributed by atoms with Gasteiger partial charge in [0.25, 0.3) is 0 Å². The summed E-state index contributed by atoms with van der Waals surface area (Å²) in [6.45, 7) is 0. The van der Waals surface area contributed by atoms with Gasteiger partial charge >= 0.3 is 0 Å². The zero-order chi connectivity index (χ0) is 13.9. The van der Waals surface area contributed by atoms with Gasteiger partial charge in [-0.25, -0.2) is 8.42 Å². The van der Waals surface area contributed by atoms with Gasteiger partial charge in [-0.15, -0.1) is 0 Å². The quantitative estimate of drug-likeness (QED) is 0.879. The Kier molecular flexibility index (Phi) is 4.42. The van der Waals surface area contributed by atoms with Gasteiger partial charge < -0.3 is 10.1 Å². The van der Waals surface area contributed by atoms with Crippen molar-refractivity contribution in [2.75, 3.05) is 25.7 Å². The van der Waals surface area contributed by atoms with Crippen LogP contribution in [0.1, 0.15) is 24.6 Å². The van der Waals surface area contributed by atoms with Gasteiger partial charge in [0, 0.05) is 6.20 Å². The Morgan fingerprint density at radius 1 is 1.58 bits per heavy atom. The fourth-order valence-electron chi connectivity index (χ4n) is 2.59. The minimum atomic E-state index is -2.83. The molecule has 19 heavy (non-hydrogen) atoms. The molecule has 1 aromatic heterocycles. The van der Waals surface area contributed by atoms with Crippen LogP contribution in [-0.4, -0.2) is 39.1 Å². The highest BCUT2D eigenvalue weighted by Crippen LogP contribution is 2.31. The van der Waals surface area contributed by atoms with Gasteiger partial charge in [0.15, 0.2) is 9.84 Å². The van der Waals surface area contributed by atoms with Crippen LogP contribution in [0.2, 0.25) is 0 Å². The van der Waals surface area contributed by atoms with Crippen molar-refractivity contribution in [3.8, 4) is 5.75 Å². The maximum absolute atomic E-state index is 11.5. The molecule has 1 fully saturated rings. The van der Waals surface area contributed by atoms with E-state index >= 15 is 0 Å².